The van der Waals surface area contributed by atoms with E-state index < -0.39 is 28.5 Å². The second kappa shape index (κ2) is 15.4. The Hall–Kier alpha value is -4.14. The summed E-state index contributed by atoms with van der Waals surface area (Å²) >= 11 is 6.35. The van der Waals surface area contributed by atoms with Crippen LogP contribution in [0.4, 0.5) is 5.69 Å². The van der Waals surface area contributed by atoms with Gasteiger partial charge in [0.2, 0.25) is 11.8 Å². The first-order chi connectivity index (χ1) is 22.2. The molecule has 9 heteroatoms. The number of amides is 2. The number of benzene rings is 4. The second-order valence-corrected chi connectivity index (χ2v) is 14.2. The van der Waals surface area contributed by atoms with E-state index in [1.165, 1.54) is 17.0 Å². The van der Waals surface area contributed by atoms with Gasteiger partial charge in [-0.25, -0.2) is 8.42 Å². The van der Waals surface area contributed by atoms with Gasteiger partial charge in [0.15, 0.2) is 0 Å². The van der Waals surface area contributed by atoms with Crippen LogP contribution in [-0.2, 0) is 32.6 Å². The van der Waals surface area contributed by atoms with Gasteiger partial charge in [-0.1, -0.05) is 104 Å². The predicted molar refractivity (Wildman–Crippen MR) is 183 cm³/mol. The van der Waals surface area contributed by atoms with Gasteiger partial charge in [-0.15, -0.1) is 0 Å². The molecule has 0 heterocycles. The van der Waals surface area contributed by atoms with Crippen molar-refractivity contribution in [1.29, 1.82) is 0 Å². The molecule has 240 valence electrons. The van der Waals surface area contributed by atoms with Gasteiger partial charge in [-0.3, -0.25) is 13.9 Å². The maximum atomic E-state index is 14.6. The number of anilines is 1. The van der Waals surface area contributed by atoms with E-state index in [9.17, 15) is 18.0 Å². The zero-order chi connectivity index (χ0) is 32.5. The van der Waals surface area contributed by atoms with Gasteiger partial charge in [0.05, 0.1) is 10.6 Å². The second-order valence-electron chi connectivity index (χ2n) is 11.9. The first-order valence-electron chi connectivity index (χ1n) is 15.7. The molecule has 1 fully saturated rings. The van der Waals surface area contributed by atoms with Crippen molar-refractivity contribution in [3.8, 4) is 0 Å². The number of hydrogen-bond acceptors (Lipinski definition) is 4. The first-order valence-corrected chi connectivity index (χ1v) is 17.6. The molecule has 1 unspecified atom stereocenters. The van der Waals surface area contributed by atoms with Gasteiger partial charge in [-0.2, -0.15) is 0 Å². The van der Waals surface area contributed by atoms with Crippen molar-refractivity contribution < 1.29 is 18.0 Å². The molecule has 5 rings (SSSR count). The Labute approximate surface area is 277 Å². The molecule has 0 aromatic heterocycles. The lowest BCUT2D eigenvalue weighted by Crippen LogP contribution is -2.55. The predicted octanol–water partition coefficient (Wildman–Crippen LogP) is 6.93. The molecule has 0 saturated heterocycles. The number of nitrogens with zero attached hydrogens (tertiary/aromatic N) is 2. The van der Waals surface area contributed by atoms with Crippen molar-refractivity contribution in [3.63, 3.8) is 0 Å². The standard InChI is InChI=1S/C37H40ClN3O4S/c1-28-13-11-20-33(23-28)41(46(44,45)34-21-9-4-10-22-34)27-36(42)40(26-30-16-12-17-31(38)24-30)35(25-29-14-5-2-6-15-29)37(43)39-32-18-7-3-8-19-32/h2,4-6,9-17,20-24,32,35H,3,7-8,18-19,25-27H2,1H3,(H,39,43). The number of aryl methyl sites for hydroxylation is 1. The smallest absolute Gasteiger partial charge is 0.264 e. The minimum Gasteiger partial charge on any atom is -0.352 e. The SMILES string of the molecule is Cc1cccc(N(CC(=O)N(Cc2cccc(Cl)c2)C(Cc2ccccc2)C(=O)NC2CCCCC2)S(=O)(=O)c2ccccc2)c1. The van der Waals surface area contributed by atoms with E-state index in [0.29, 0.717) is 10.7 Å². The number of sulfonamides is 1. The highest BCUT2D eigenvalue weighted by Crippen LogP contribution is 2.26. The maximum absolute atomic E-state index is 14.6. The summed E-state index contributed by atoms with van der Waals surface area (Å²) < 4.78 is 29.4. The summed E-state index contributed by atoms with van der Waals surface area (Å²) in [6.45, 7) is 1.45. The van der Waals surface area contributed by atoms with Crippen LogP contribution in [0.25, 0.3) is 0 Å². The third-order valence-electron chi connectivity index (χ3n) is 8.36. The molecule has 0 bridgehead atoms. The number of carbonyl (C=O) groups excluding carboxylic acids is 2. The van der Waals surface area contributed by atoms with Gasteiger partial charge in [-0.05, 0) is 72.9 Å². The van der Waals surface area contributed by atoms with E-state index in [4.69, 9.17) is 11.6 Å². The minimum absolute atomic E-state index is 0.0323. The van der Waals surface area contributed by atoms with Crippen molar-refractivity contribution in [2.45, 2.75) is 69.0 Å². The molecule has 0 radical (unpaired) electrons. The Balaban J connectivity index is 1.56. The zero-order valence-corrected chi connectivity index (χ0v) is 27.6. The van der Waals surface area contributed by atoms with Crippen molar-refractivity contribution in [1.82, 2.24) is 10.2 Å². The summed E-state index contributed by atoms with van der Waals surface area (Å²) in [6.07, 6.45) is 5.28. The summed E-state index contributed by atoms with van der Waals surface area (Å²) in [7, 11) is -4.14. The van der Waals surface area contributed by atoms with Crippen LogP contribution < -0.4 is 9.62 Å². The number of nitrogens with one attached hydrogen (secondary N) is 1. The van der Waals surface area contributed by atoms with Gasteiger partial charge in [0.25, 0.3) is 10.0 Å². The molecule has 0 spiro atoms. The van der Waals surface area contributed by atoms with E-state index >= 15 is 0 Å². The summed E-state index contributed by atoms with van der Waals surface area (Å²) in [4.78, 5) is 30.4. The van der Waals surface area contributed by atoms with Crippen LogP contribution in [0.1, 0.15) is 48.8 Å². The minimum atomic E-state index is -4.14. The molecule has 1 saturated carbocycles. The van der Waals surface area contributed by atoms with Crippen molar-refractivity contribution in [3.05, 3.63) is 131 Å². The Morgan fingerprint density at radius 1 is 0.826 bits per heavy atom. The van der Waals surface area contributed by atoms with Crippen molar-refractivity contribution >= 4 is 39.1 Å². The highest BCUT2D eigenvalue weighted by molar-refractivity contribution is 7.92. The fourth-order valence-electron chi connectivity index (χ4n) is 5.96. The van der Waals surface area contributed by atoms with E-state index in [0.717, 1.165) is 53.1 Å². The van der Waals surface area contributed by atoms with E-state index in [1.54, 1.807) is 54.6 Å². The van der Waals surface area contributed by atoms with E-state index in [2.05, 4.69) is 5.32 Å². The highest BCUT2D eigenvalue weighted by Gasteiger charge is 2.35. The van der Waals surface area contributed by atoms with Crippen LogP contribution >= 0.6 is 11.6 Å². The van der Waals surface area contributed by atoms with Crippen LogP contribution in [0.3, 0.4) is 0 Å². The molecule has 2 amide bonds. The van der Waals surface area contributed by atoms with Gasteiger partial charge < -0.3 is 10.2 Å². The Morgan fingerprint density at radius 3 is 2.15 bits per heavy atom. The molecule has 1 aliphatic carbocycles. The molecule has 7 nitrogen and oxygen atoms in total. The van der Waals surface area contributed by atoms with Crippen LogP contribution in [0.15, 0.2) is 114 Å². The van der Waals surface area contributed by atoms with Crippen molar-refractivity contribution in [2.75, 3.05) is 10.8 Å². The van der Waals surface area contributed by atoms with Crippen LogP contribution in [0, 0.1) is 6.92 Å². The molecule has 0 aliphatic heterocycles. The molecule has 1 aliphatic rings. The van der Waals surface area contributed by atoms with Crippen molar-refractivity contribution in [2.24, 2.45) is 0 Å². The van der Waals surface area contributed by atoms with Crippen LogP contribution in [-0.4, -0.2) is 43.8 Å². The third-order valence-corrected chi connectivity index (χ3v) is 10.4. The first kappa shape index (κ1) is 33.2. The summed E-state index contributed by atoms with van der Waals surface area (Å²) in [5.74, 6) is -0.750. The number of halogens is 1. The van der Waals surface area contributed by atoms with Gasteiger partial charge in [0.1, 0.15) is 12.6 Å². The van der Waals surface area contributed by atoms with Crippen LogP contribution in [0.5, 0.6) is 0 Å². The lowest BCUT2D eigenvalue weighted by atomic mass is 9.94. The highest BCUT2D eigenvalue weighted by atomic mass is 35.5. The lowest BCUT2D eigenvalue weighted by Gasteiger charge is -2.35. The summed E-state index contributed by atoms with van der Waals surface area (Å²) in [5, 5.41) is 3.73. The zero-order valence-electron chi connectivity index (χ0n) is 26.0. The Morgan fingerprint density at radius 2 is 1.48 bits per heavy atom. The molecular formula is C37H40ClN3O4S. The molecular weight excluding hydrogens is 618 g/mol. The normalized spacial score (nSPS) is 14.3. The summed E-state index contributed by atoms with van der Waals surface area (Å²) in [5.41, 5.74) is 2.84. The quantitative estimate of drug-likeness (QED) is 0.179. The molecule has 4 aromatic carbocycles. The molecule has 1 N–H and O–H groups in total. The summed E-state index contributed by atoms with van der Waals surface area (Å²) in [6, 6.07) is 31.0. The average molecular weight is 658 g/mol. The largest absolute Gasteiger partial charge is 0.352 e. The number of hydrogen-bond donors (Lipinski definition) is 1. The number of carbonyl (C=O) groups is 2. The lowest BCUT2D eigenvalue weighted by molar-refractivity contribution is -0.140. The fourth-order valence-corrected chi connectivity index (χ4v) is 7.60. The molecule has 46 heavy (non-hydrogen) atoms. The van der Waals surface area contributed by atoms with Gasteiger partial charge in [0, 0.05) is 24.0 Å². The Bertz CT molecular complexity index is 1730. The van der Waals surface area contributed by atoms with E-state index in [-0.39, 0.29) is 29.8 Å². The maximum Gasteiger partial charge on any atom is 0.264 e. The molecule has 4 aromatic rings. The fraction of sp³-hybridized carbons (Fsp3) is 0.297. The average Bonchev–Trinajstić information content (AvgIpc) is 3.06. The molecule has 1 atom stereocenters. The van der Waals surface area contributed by atoms with Gasteiger partial charge >= 0.3 is 0 Å². The van der Waals surface area contributed by atoms with Crippen LogP contribution in [0.2, 0.25) is 5.02 Å². The monoisotopic (exact) mass is 657 g/mol. The Kier molecular flexibility index (Phi) is 11.1. The number of rotatable bonds is 12. The third kappa shape index (κ3) is 8.56. The topological polar surface area (TPSA) is 86.8 Å². The van der Waals surface area contributed by atoms with E-state index in [1.807, 2.05) is 49.4 Å².